The highest BCUT2D eigenvalue weighted by Gasteiger charge is 2.29. The molecule has 2 rings (SSSR count). The van der Waals surface area contributed by atoms with Gasteiger partial charge in [0.2, 0.25) is 0 Å². The summed E-state index contributed by atoms with van der Waals surface area (Å²) in [7, 11) is 0. The van der Waals surface area contributed by atoms with E-state index in [2.05, 4.69) is 0 Å². The Kier molecular flexibility index (Phi) is 3.81. The third-order valence-corrected chi connectivity index (χ3v) is 3.32. The minimum absolute atomic E-state index is 0.269. The van der Waals surface area contributed by atoms with Crippen LogP contribution in [0.2, 0.25) is 0 Å². The normalized spacial score (nSPS) is 13.9. The maximum Gasteiger partial charge on any atom is 0.323 e. The molecule has 0 atom stereocenters. The van der Waals surface area contributed by atoms with Crippen LogP contribution < -0.4 is 0 Å². The van der Waals surface area contributed by atoms with Crippen LogP contribution in [0.5, 0.6) is 0 Å². The Morgan fingerprint density at radius 2 is 1.90 bits per heavy atom. The minimum atomic E-state index is -1.02. The van der Waals surface area contributed by atoms with E-state index in [0.29, 0.717) is 18.8 Å². The molecule has 0 aliphatic carbocycles. The molecule has 1 aromatic rings. The summed E-state index contributed by atoms with van der Waals surface area (Å²) in [6, 6.07) is 5.40. The van der Waals surface area contributed by atoms with Gasteiger partial charge >= 0.3 is 5.97 Å². The van der Waals surface area contributed by atoms with Crippen molar-refractivity contribution >= 4 is 11.9 Å². The molecule has 0 saturated heterocycles. The largest absolute Gasteiger partial charge is 0.480 e. The van der Waals surface area contributed by atoms with Crippen LogP contribution in [0, 0.1) is 0 Å². The minimum Gasteiger partial charge on any atom is -0.480 e. The van der Waals surface area contributed by atoms with Crippen molar-refractivity contribution in [1.82, 2.24) is 4.90 Å². The second-order valence-corrected chi connectivity index (χ2v) is 5.93. The number of hydrogen-bond donors (Lipinski definition) is 1. The molecule has 108 valence electrons. The van der Waals surface area contributed by atoms with Crippen molar-refractivity contribution in [2.24, 2.45) is 0 Å². The number of carbonyl (C=O) groups is 2. The van der Waals surface area contributed by atoms with Crippen molar-refractivity contribution < 1.29 is 19.4 Å². The van der Waals surface area contributed by atoms with E-state index in [9.17, 15) is 9.59 Å². The molecule has 0 unspecified atom stereocenters. The van der Waals surface area contributed by atoms with Gasteiger partial charge in [-0.2, -0.15) is 0 Å². The molecule has 5 nitrogen and oxygen atoms in total. The second-order valence-electron chi connectivity index (χ2n) is 5.93. The number of aliphatic carboxylic acids is 1. The number of carboxylic acids is 1. The molecular weight excluding hydrogens is 258 g/mol. The number of carbonyl (C=O) groups excluding carboxylic acids is 1. The van der Waals surface area contributed by atoms with Crippen molar-refractivity contribution in [3.8, 4) is 0 Å². The quantitative estimate of drug-likeness (QED) is 0.918. The Balaban J connectivity index is 2.30. The molecule has 20 heavy (non-hydrogen) atoms. The van der Waals surface area contributed by atoms with Gasteiger partial charge < -0.3 is 14.7 Å². The summed E-state index contributed by atoms with van der Waals surface area (Å²) in [6.45, 7) is 6.24. The standard InChI is InChI=1S/C15H19NO4/c1-15(2,3)16(7-13(17)18)14(19)10-4-5-11-8-20-9-12(11)6-10/h4-6H,7-9H2,1-3H3,(H,17,18). The zero-order valence-corrected chi connectivity index (χ0v) is 12.0. The monoisotopic (exact) mass is 277 g/mol. The molecule has 0 fully saturated rings. The van der Waals surface area contributed by atoms with Crippen molar-refractivity contribution in [2.45, 2.75) is 39.5 Å². The summed E-state index contributed by atoms with van der Waals surface area (Å²) < 4.78 is 5.32. The average Bonchev–Trinajstić information content (AvgIpc) is 2.80. The number of rotatable bonds is 3. The lowest BCUT2D eigenvalue weighted by molar-refractivity contribution is -0.138. The van der Waals surface area contributed by atoms with Gasteiger partial charge in [-0.25, -0.2) is 0 Å². The van der Waals surface area contributed by atoms with Crippen LogP contribution in [0.25, 0.3) is 0 Å². The van der Waals surface area contributed by atoms with E-state index in [-0.39, 0.29) is 12.5 Å². The van der Waals surface area contributed by atoms with E-state index in [1.807, 2.05) is 26.8 Å². The third kappa shape index (κ3) is 2.99. The molecule has 0 spiro atoms. The maximum atomic E-state index is 12.5. The number of amides is 1. The van der Waals surface area contributed by atoms with Crippen molar-refractivity contribution in [3.63, 3.8) is 0 Å². The Morgan fingerprint density at radius 1 is 1.25 bits per heavy atom. The van der Waals surface area contributed by atoms with Crippen molar-refractivity contribution in [1.29, 1.82) is 0 Å². The zero-order valence-electron chi connectivity index (χ0n) is 12.0. The fourth-order valence-corrected chi connectivity index (χ4v) is 2.21. The molecule has 5 heteroatoms. The van der Waals surface area contributed by atoms with Gasteiger partial charge in [-0.05, 0) is 44.0 Å². The summed E-state index contributed by atoms with van der Waals surface area (Å²) in [5, 5.41) is 8.98. The van der Waals surface area contributed by atoms with Gasteiger partial charge in [-0.3, -0.25) is 9.59 Å². The first-order chi connectivity index (χ1) is 9.29. The number of carboxylic acid groups (broad SMARTS) is 1. The molecule has 1 amide bonds. The summed E-state index contributed by atoms with van der Waals surface area (Å²) >= 11 is 0. The van der Waals surface area contributed by atoms with E-state index in [1.54, 1.807) is 12.1 Å². The third-order valence-electron chi connectivity index (χ3n) is 3.32. The van der Waals surface area contributed by atoms with Gasteiger partial charge in [0.05, 0.1) is 13.2 Å². The molecular formula is C15H19NO4. The van der Waals surface area contributed by atoms with Crippen molar-refractivity contribution in [3.05, 3.63) is 34.9 Å². The number of ether oxygens (including phenoxy) is 1. The van der Waals surface area contributed by atoms with Crippen LogP contribution >= 0.6 is 0 Å². The predicted octanol–water partition coefficient (Wildman–Crippen LogP) is 2.04. The van der Waals surface area contributed by atoms with Crippen LogP contribution in [-0.2, 0) is 22.7 Å². The molecule has 1 aliphatic rings. The SMILES string of the molecule is CC(C)(C)N(CC(=O)O)C(=O)c1ccc2c(c1)COC2. The van der Waals surface area contributed by atoms with E-state index >= 15 is 0 Å². The fraction of sp³-hybridized carbons (Fsp3) is 0.467. The smallest absolute Gasteiger partial charge is 0.323 e. The van der Waals surface area contributed by atoms with Gasteiger partial charge in [0.25, 0.3) is 5.91 Å². The van der Waals surface area contributed by atoms with Crippen LogP contribution in [0.4, 0.5) is 0 Å². The van der Waals surface area contributed by atoms with Gasteiger partial charge in [-0.15, -0.1) is 0 Å². The first-order valence-corrected chi connectivity index (χ1v) is 6.52. The topological polar surface area (TPSA) is 66.8 Å². The number of nitrogens with zero attached hydrogens (tertiary/aromatic N) is 1. The average molecular weight is 277 g/mol. The first kappa shape index (κ1) is 14.5. The highest BCUT2D eigenvalue weighted by molar-refractivity contribution is 5.96. The molecule has 0 aromatic heterocycles. The van der Waals surface area contributed by atoms with E-state index in [1.165, 1.54) is 4.90 Å². The molecule has 0 bridgehead atoms. The lowest BCUT2D eigenvalue weighted by Crippen LogP contribution is -2.48. The van der Waals surface area contributed by atoms with Gasteiger partial charge in [0, 0.05) is 11.1 Å². The summed E-state index contributed by atoms with van der Waals surface area (Å²) in [6.07, 6.45) is 0. The molecule has 1 heterocycles. The molecule has 1 aromatic carbocycles. The summed E-state index contributed by atoms with van der Waals surface area (Å²) in [5.74, 6) is -1.28. The zero-order chi connectivity index (χ0) is 14.9. The number of benzene rings is 1. The molecule has 0 radical (unpaired) electrons. The van der Waals surface area contributed by atoms with Crippen LogP contribution in [0.1, 0.15) is 42.3 Å². The fourth-order valence-electron chi connectivity index (χ4n) is 2.21. The van der Waals surface area contributed by atoms with Gasteiger partial charge in [0.15, 0.2) is 0 Å². The highest BCUT2D eigenvalue weighted by Crippen LogP contribution is 2.23. The van der Waals surface area contributed by atoms with E-state index in [0.717, 1.165) is 11.1 Å². The highest BCUT2D eigenvalue weighted by atomic mass is 16.5. The van der Waals surface area contributed by atoms with Gasteiger partial charge in [-0.1, -0.05) is 6.07 Å². The Morgan fingerprint density at radius 3 is 2.50 bits per heavy atom. The van der Waals surface area contributed by atoms with Gasteiger partial charge in [0.1, 0.15) is 6.54 Å². The van der Waals surface area contributed by atoms with Crippen LogP contribution in [0.3, 0.4) is 0 Å². The Labute approximate surface area is 118 Å². The number of fused-ring (bicyclic) bond motifs is 1. The predicted molar refractivity (Wildman–Crippen MR) is 73.4 cm³/mol. The summed E-state index contributed by atoms with van der Waals surface area (Å²) in [5.41, 5.74) is 2.04. The lowest BCUT2D eigenvalue weighted by Gasteiger charge is -2.34. The van der Waals surface area contributed by atoms with Crippen LogP contribution in [-0.4, -0.2) is 34.0 Å². The van der Waals surface area contributed by atoms with Crippen molar-refractivity contribution in [2.75, 3.05) is 6.54 Å². The first-order valence-electron chi connectivity index (χ1n) is 6.52. The molecule has 1 N–H and O–H groups in total. The Hall–Kier alpha value is -1.88. The Bertz CT molecular complexity index is 545. The van der Waals surface area contributed by atoms with Crippen LogP contribution in [0.15, 0.2) is 18.2 Å². The second kappa shape index (κ2) is 5.25. The number of hydrogen-bond acceptors (Lipinski definition) is 3. The molecule has 1 aliphatic heterocycles. The van der Waals surface area contributed by atoms with E-state index in [4.69, 9.17) is 9.84 Å². The lowest BCUT2D eigenvalue weighted by atomic mass is 10.0. The maximum absolute atomic E-state index is 12.5. The summed E-state index contributed by atoms with van der Waals surface area (Å²) in [4.78, 5) is 24.9. The van der Waals surface area contributed by atoms with E-state index < -0.39 is 11.5 Å². The molecule has 0 saturated carbocycles.